The van der Waals surface area contributed by atoms with Crippen LogP contribution in [0.2, 0.25) is 0 Å². The number of rotatable bonds is 5. The number of aliphatic hydroxyl groups excluding tert-OH is 1. The Hall–Kier alpha value is -1.63. The van der Waals surface area contributed by atoms with E-state index in [0.717, 1.165) is 25.9 Å². The highest BCUT2D eigenvalue weighted by atomic mass is 16.3. The van der Waals surface area contributed by atoms with E-state index in [1.807, 2.05) is 6.92 Å². The number of nitrogens with two attached hydrogens (primary N) is 1. The molecule has 7 heteroatoms. The molecule has 0 aliphatic carbocycles. The molecule has 0 radical (unpaired) electrons. The van der Waals surface area contributed by atoms with E-state index in [0.29, 0.717) is 18.4 Å². The fourth-order valence-corrected chi connectivity index (χ4v) is 1.85. The molecule has 1 unspecified atom stereocenters. The Kier molecular flexibility index (Phi) is 4.14. The van der Waals surface area contributed by atoms with Gasteiger partial charge in [-0.05, 0) is 18.8 Å². The quantitative estimate of drug-likeness (QED) is 0.683. The molecule has 0 bridgehead atoms. The lowest BCUT2D eigenvalue weighted by Crippen LogP contribution is -2.23. The summed E-state index contributed by atoms with van der Waals surface area (Å²) < 4.78 is 0. The number of aliphatic hydroxyl groups is 1. The van der Waals surface area contributed by atoms with Crippen LogP contribution in [0.1, 0.15) is 19.8 Å². The highest BCUT2D eigenvalue weighted by Crippen LogP contribution is 2.17. The smallest absolute Gasteiger partial charge is 0.231 e. The summed E-state index contributed by atoms with van der Waals surface area (Å²) in [6.07, 6.45) is 2.33. The van der Waals surface area contributed by atoms with E-state index < -0.39 is 0 Å². The van der Waals surface area contributed by atoms with Crippen molar-refractivity contribution in [1.29, 1.82) is 0 Å². The highest BCUT2D eigenvalue weighted by Gasteiger charge is 2.16. The predicted octanol–water partition coefficient (Wildman–Crippen LogP) is 0.0943. The second kappa shape index (κ2) is 5.81. The van der Waals surface area contributed by atoms with Gasteiger partial charge in [-0.2, -0.15) is 15.0 Å². The average Bonchev–Trinajstić information content (AvgIpc) is 2.89. The van der Waals surface area contributed by atoms with Crippen molar-refractivity contribution in [2.45, 2.75) is 19.8 Å². The van der Waals surface area contributed by atoms with Gasteiger partial charge in [0.15, 0.2) is 0 Å². The van der Waals surface area contributed by atoms with Crippen molar-refractivity contribution in [3.05, 3.63) is 0 Å². The van der Waals surface area contributed by atoms with Crippen LogP contribution in [0.15, 0.2) is 0 Å². The van der Waals surface area contributed by atoms with Crippen LogP contribution >= 0.6 is 0 Å². The van der Waals surface area contributed by atoms with Crippen molar-refractivity contribution in [1.82, 2.24) is 15.0 Å². The van der Waals surface area contributed by atoms with Gasteiger partial charge in [0, 0.05) is 26.2 Å². The van der Waals surface area contributed by atoms with Crippen molar-refractivity contribution in [3.8, 4) is 0 Å². The van der Waals surface area contributed by atoms with E-state index in [2.05, 4.69) is 25.2 Å². The average molecular weight is 252 g/mol. The van der Waals surface area contributed by atoms with E-state index in [-0.39, 0.29) is 18.5 Å². The molecule has 2 rings (SSSR count). The van der Waals surface area contributed by atoms with E-state index >= 15 is 0 Å². The molecule has 1 fully saturated rings. The molecule has 1 atom stereocenters. The molecule has 0 amide bonds. The SMILES string of the molecule is CC(CO)CNc1nc(N)nc(N2CCCC2)n1. The van der Waals surface area contributed by atoms with E-state index in [4.69, 9.17) is 10.8 Å². The number of nitrogens with zero attached hydrogens (tertiary/aromatic N) is 4. The van der Waals surface area contributed by atoms with Gasteiger partial charge in [-0.1, -0.05) is 6.92 Å². The lowest BCUT2D eigenvalue weighted by atomic mass is 10.2. The normalized spacial score (nSPS) is 16.9. The Balaban J connectivity index is 2.06. The van der Waals surface area contributed by atoms with Gasteiger partial charge >= 0.3 is 0 Å². The molecule has 0 saturated carbocycles. The number of nitrogen functional groups attached to an aromatic ring is 1. The molecule has 7 nitrogen and oxygen atoms in total. The van der Waals surface area contributed by atoms with Crippen LogP contribution in [0.4, 0.5) is 17.8 Å². The number of anilines is 3. The van der Waals surface area contributed by atoms with Gasteiger partial charge in [0.25, 0.3) is 0 Å². The lowest BCUT2D eigenvalue weighted by Gasteiger charge is -2.16. The van der Waals surface area contributed by atoms with Crippen LogP contribution in [-0.2, 0) is 0 Å². The van der Waals surface area contributed by atoms with E-state index in [1.54, 1.807) is 0 Å². The van der Waals surface area contributed by atoms with Crippen molar-refractivity contribution in [2.24, 2.45) is 5.92 Å². The summed E-state index contributed by atoms with van der Waals surface area (Å²) in [7, 11) is 0. The predicted molar refractivity (Wildman–Crippen MR) is 70.4 cm³/mol. The van der Waals surface area contributed by atoms with Gasteiger partial charge in [-0.25, -0.2) is 0 Å². The lowest BCUT2D eigenvalue weighted by molar-refractivity contribution is 0.244. The molecule has 1 aromatic rings. The molecule has 1 aliphatic heterocycles. The first-order valence-corrected chi connectivity index (χ1v) is 6.30. The molecule has 18 heavy (non-hydrogen) atoms. The minimum absolute atomic E-state index is 0.131. The van der Waals surface area contributed by atoms with Gasteiger partial charge in [-0.3, -0.25) is 0 Å². The van der Waals surface area contributed by atoms with Crippen LogP contribution in [0, 0.1) is 5.92 Å². The largest absolute Gasteiger partial charge is 0.396 e. The van der Waals surface area contributed by atoms with Crippen LogP contribution in [-0.4, -0.2) is 46.3 Å². The number of hydrogen-bond donors (Lipinski definition) is 3. The zero-order valence-electron chi connectivity index (χ0n) is 10.6. The fourth-order valence-electron chi connectivity index (χ4n) is 1.85. The van der Waals surface area contributed by atoms with Crippen LogP contribution < -0.4 is 16.0 Å². The summed E-state index contributed by atoms with van der Waals surface area (Å²) in [5, 5.41) is 12.0. The van der Waals surface area contributed by atoms with Gasteiger partial charge in [0.2, 0.25) is 17.8 Å². The van der Waals surface area contributed by atoms with Crippen LogP contribution in [0.5, 0.6) is 0 Å². The first-order valence-electron chi connectivity index (χ1n) is 6.30. The molecule has 1 aromatic heterocycles. The molecule has 2 heterocycles. The van der Waals surface area contributed by atoms with Crippen molar-refractivity contribution in [3.63, 3.8) is 0 Å². The summed E-state index contributed by atoms with van der Waals surface area (Å²) in [5.41, 5.74) is 5.69. The van der Waals surface area contributed by atoms with Gasteiger partial charge in [-0.15, -0.1) is 0 Å². The molecule has 0 aromatic carbocycles. The zero-order valence-corrected chi connectivity index (χ0v) is 10.6. The molecule has 1 aliphatic rings. The summed E-state index contributed by atoms with van der Waals surface area (Å²) in [6.45, 7) is 4.62. The highest BCUT2D eigenvalue weighted by molar-refractivity contribution is 5.42. The maximum Gasteiger partial charge on any atom is 0.231 e. The number of nitrogens with one attached hydrogen (secondary N) is 1. The maximum atomic E-state index is 8.97. The topological polar surface area (TPSA) is 100 Å². The van der Waals surface area contributed by atoms with E-state index in [9.17, 15) is 0 Å². The third kappa shape index (κ3) is 3.19. The molecule has 100 valence electrons. The van der Waals surface area contributed by atoms with Gasteiger partial charge < -0.3 is 21.1 Å². The van der Waals surface area contributed by atoms with Crippen LogP contribution in [0.3, 0.4) is 0 Å². The fraction of sp³-hybridized carbons (Fsp3) is 0.727. The number of aromatic nitrogens is 3. The standard InChI is InChI=1S/C11H20N6O/c1-8(7-18)6-13-10-14-9(12)15-11(16-10)17-4-2-3-5-17/h8,18H,2-7H2,1H3,(H3,12,13,14,15,16). The molecule has 0 spiro atoms. The minimum atomic E-state index is 0.131. The van der Waals surface area contributed by atoms with Crippen molar-refractivity contribution >= 4 is 17.8 Å². The monoisotopic (exact) mass is 252 g/mol. The molecular weight excluding hydrogens is 232 g/mol. The van der Waals surface area contributed by atoms with Gasteiger partial charge in [0.05, 0.1) is 0 Å². The Morgan fingerprint density at radius 2 is 2.06 bits per heavy atom. The third-order valence-electron chi connectivity index (χ3n) is 2.95. The number of hydrogen-bond acceptors (Lipinski definition) is 7. The Bertz CT molecular complexity index is 393. The Labute approximate surface area is 106 Å². The molecular formula is C11H20N6O. The second-order valence-corrected chi connectivity index (χ2v) is 4.68. The van der Waals surface area contributed by atoms with Gasteiger partial charge in [0.1, 0.15) is 0 Å². The van der Waals surface area contributed by atoms with Crippen molar-refractivity contribution < 1.29 is 5.11 Å². The Morgan fingerprint density at radius 3 is 2.72 bits per heavy atom. The first-order chi connectivity index (χ1) is 8.69. The molecule has 1 saturated heterocycles. The molecule has 4 N–H and O–H groups in total. The van der Waals surface area contributed by atoms with Crippen molar-refractivity contribution in [2.75, 3.05) is 42.2 Å². The summed E-state index contributed by atoms with van der Waals surface area (Å²) in [5.74, 6) is 1.49. The minimum Gasteiger partial charge on any atom is -0.396 e. The first kappa shape index (κ1) is 12.8. The second-order valence-electron chi connectivity index (χ2n) is 4.68. The Morgan fingerprint density at radius 1 is 1.33 bits per heavy atom. The van der Waals surface area contributed by atoms with Crippen LogP contribution in [0.25, 0.3) is 0 Å². The summed E-state index contributed by atoms with van der Waals surface area (Å²) >= 11 is 0. The summed E-state index contributed by atoms with van der Waals surface area (Å²) in [6, 6.07) is 0. The third-order valence-corrected chi connectivity index (χ3v) is 2.95. The maximum absolute atomic E-state index is 8.97. The summed E-state index contributed by atoms with van der Waals surface area (Å²) in [4.78, 5) is 14.7. The zero-order chi connectivity index (χ0) is 13.0. The van der Waals surface area contributed by atoms with E-state index in [1.165, 1.54) is 0 Å².